The summed E-state index contributed by atoms with van der Waals surface area (Å²) in [6, 6.07) is 14.9. The molecule has 0 aliphatic heterocycles. The highest BCUT2D eigenvalue weighted by molar-refractivity contribution is 6.18. The molecule has 1 aromatic carbocycles. The van der Waals surface area contributed by atoms with Gasteiger partial charge in [-0.2, -0.15) is 0 Å². The van der Waals surface area contributed by atoms with Crippen LogP contribution in [0.5, 0.6) is 0 Å². The molecule has 1 amide bonds. The molecule has 1 unspecified atom stereocenters. The lowest BCUT2D eigenvalue weighted by molar-refractivity contribution is -0.115. The highest BCUT2D eigenvalue weighted by atomic mass is 19.1. The molecule has 6 N–H and O–H groups in total. The van der Waals surface area contributed by atoms with E-state index in [-0.39, 0.29) is 29.2 Å². The Labute approximate surface area is 203 Å². The van der Waals surface area contributed by atoms with Crippen LogP contribution in [0.2, 0.25) is 0 Å². The van der Waals surface area contributed by atoms with Crippen LogP contribution in [0.1, 0.15) is 35.5 Å². The molecule has 3 aromatic rings. The number of nitrogens with zero attached hydrogens (tertiary/aromatic N) is 3. The minimum Gasteiger partial charge on any atom is -0.404 e. The summed E-state index contributed by atoms with van der Waals surface area (Å²) in [6.45, 7) is 3.76. The summed E-state index contributed by atoms with van der Waals surface area (Å²) in [7, 11) is 1.52. The second-order valence-electron chi connectivity index (χ2n) is 7.72. The number of halogens is 1. The number of hydrogen-bond acceptors (Lipinski definition) is 6. The molecule has 8 nitrogen and oxygen atoms in total. The minimum atomic E-state index is -0.356. The zero-order valence-corrected chi connectivity index (χ0v) is 19.8. The van der Waals surface area contributed by atoms with Crippen LogP contribution in [-0.2, 0) is 4.79 Å². The number of nitrogens with two attached hydrogens (primary N) is 2. The molecule has 0 saturated carbocycles. The van der Waals surface area contributed by atoms with E-state index in [1.165, 1.54) is 25.4 Å². The first-order chi connectivity index (χ1) is 16.8. The SMILES string of the molecule is CNC(=O)C(=CN)c1cc(/C(=C/C(N)=NC(C)c2ccc(F)cc2)Nc2cccc(C)n2)ccn1. The third kappa shape index (κ3) is 6.73. The van der Waals surface area contributed by atoms with Crippen molar-refractivity contribution in [3.8, 4) is 0 Å². The van der Waals surface area contributed by atoms with Crippen LogP contribution in [-0.4, -0.2) is 28.8 Å². The molecule has 1 atom stereocenters. The molecule has 2 heterocycles. The molecule has 2 aromatic heterocycles. The third-order valence-electron chi connectivity index (χ3n) is 5.12. The maximum atomic E-state index is 13.3. The summed E-state index contributed by atoms with van der Waals surface area (Å²) < 4.78 is 13.3. The number of amides is 1. The predicted molar refractivity (Wildman–Crippen MR) is 137 cm³/mol. The number of pyridine rings is 2. The molecule has 0 aliphatic carbocycles. The second kappa shape index (κ2) is 11.6. The number of carbonyl (C=O) groups excluding carboxylic acids is 1. The highest BCUT2D eigenvalue weighted by Crippen LogP contribution is 2.22. The Bertz CT molecular complexity index is 1280. The molecule has 0 aliphatic rings. The van der Waals surface area contributed by atoms with Gasteiger partial charge in [-0.1, -0.05) is 18.2 Å². The molecule has 0 saturated heterocycles. The first kappa shape index (κ1) is 25.1. The van der Waals surface area contributed by atoms with Gasteiger partial charge in [0.05, 0.1) is 23.0 Å². The van der Waals surface area contributed by atoms with E-state index in [1.807, 2.05) is 32.0 Å². The van der Waals surface area contributed by atoms with E-state index in [9.17, 15) is 9.18 Å². The van der Waals surface area contributed by atoms with Crippen LogP contribution in [0.4, 0.5) is 10.2 Å². The number of aryl methyl sites for hydroxylation is 1. The van der Waals surface area contributed by atoms with E-state index in [0.29, 0.717) is 22.8 Å². The predicted octanol–water partition coefficient (Wildman–Crippen LogP) is 3.54. The fraction of sp³-hybridized carbons (Fsp3) is 0.154. The van der Waals surface area contributed by atoms with E-state index in [2.05, 4.69) is 25.6 Å². The first-order valence-corrected chi connectivity index (χ1v) is 10.9. The number of amidine groups is 1. The van der Waals surface area contributed by atoms with Gasteiger partial charge in [0, 0.05) is 36.8 Å². The van der Waals surface area contributed by atoms with Crippen LogP contribution in [0, 0.1) is 12.7 Å². The van der Waals surface area contributed by atoms with Crippen molar-refractivity contribution in [3.05, 3.63) is 101 Å². The number of rotatable bonds is 8. The lowest BCUT2D eigenvalue weighted by atomic mass is 10.1. The number of benzene rings is 1. The van der Waals surface area contributed by atoms with Gasteiger partial charge in [-0.15, -0.1) is 0 Å². The normalized spacial score (nSPS) is 13.3. The van der Waals surface area contributed by atoms with Gasteiger partial charge < -0.3 is 22.1 Å². The average molecular weight is 474 g/mol. The maximum Gasteiger partial charge on any atom is 0.254 e. The Morgan fingerprint density at radius 2 is 1.91 bits per heavy atom. The third-order valence-corrected chi connectivity index (χ3v) is 5.12. The van der Waals surface area contributed by atoms with Crippen molar-refractivity contribution in [1.29, 1.82) is 0 Å². The average Bonchev–Trinajstić information content (AvgIpc) is 2.84. The largest absolute Gasteiger partial charge is 0.404 e. The molecule has 3 rings (SSSR count). The number of aromatic nitrogens is 2. The van der Waals surface area contributed by atoms with Crippen molar-refractivity contribution in [1.82, 2.24) is 15.3 Å². The van der Waals surface area contributed by atoms with Gasteiger partial charge in [0.25, 0.3) is 5.91 Å². The lowest BCUT2D eigenvalue weighted by Gasteiger charge is -2.14. The fourth-order valence-electron chi connectivity index (χ4n) is 3.32. The lowest BCUT2D eigenvalue weighted by Crippen LogP contribution is -2.20. The van der Waals surface area contributed by atoms with Gasteiger partial charge in [0.2, 0.25) is 0 Å². The Balaban J connectivity index is 2.02. The molecule has 0 fully saturated rings. The van der Waals surface area contributed by atoms with Gasteiger partial charge >= 0.3 is 0 Å². The maximum absolute atomic E-state index is 13.3. The van der Waals surface area contributed by atoms with Crippen molar-refractivity contribution in [2.45, 2.75) is 19.9 Å². The van der Waals surface area contributed by atoms with Crippen LogP contribution in [0.15, 0.2) is 78.1 Å². The quantitative estimate of drug-likeness (QED) is 0.225. The van der Waals surface area contributed by atoms with E-state index < -0.39 is 0 Å². The summed E-state index contributed by atoms with van der Waals surface area (Å²) in [5, 5.41) is 5.83. The number of carbonyl (C=O) groups is 1. The summed E-state index contributed by atoms with van der Waals surface area (Å²) >= 11 is 0. The standard InChI is InChI=1S/C26H28FN7O/c1-16-5-4-6-25(32-16)34-22(14-24(29)33-17(2)18-7-9-20(27)10-8-18)19-11-12-31-23(13-19)21(15-28)26(35)30-3/h4-15,17H,28H2,1-3H3,(H2,29,33)(H,30,35)(H,32,34)/b21-15?,22-14-. The van der Waals surface area contributed by atoms with E-state index in [4.69, 9.17) is 11.5 Å². The van der Waals surface area contributed by atoms with Gasteiger partial charge in [-0.3, -0.25) is 14.8 Å². The van der Waals surface area contributed by atoms with E-state index >= 15 is 0 Å². The Hall–Kier alpha value is -4.53. The molecule has 0 bridgehead atoms. The zero-order chi connectivity index (χ0) is 25.4. The fourth-order valence-corrected chi connectivity index (χ4v) is 3.32. The van der Waals surface area contributed by atoms with Gasteiger partial charge in [0.15, 0.2) is 0 Å². The molecular weight excluding hydrogens is 445 g/mol. The first-order valence-electron chi connectivity index (χ1n) is 10.9. The molecule has 9 heteroatoms. The van der Waals surface area contributed by atoms with Crippen LogP contribution >= 0.6 is 0 Å². The number of hydrogen-bond donors (Lipinski definition) is 4. The monoisotopic (exact) mass is 473 g/mol. The Morgan fingerprint density at radius 3 is 2.57 bits per heavy atom. The molecule has 35 heavy (non-hydrogen) atoms. The van der Waals surface area contributed by atoms with Crippen LogP contribution in [0.25, 0.3) is 11.3 Å². The smallest absolute Gasteiger partial charge is 0.254 e. The highest BCUT2D eigenvalue weighted by Gasteiger charge is 2.14. The van der Waals surface area contributed by atoms with Gasteiger partial charge in [0.1, 0.15) is 17.5 Å². The van der Waals surface area contributed by atoms with Gasteiger partial charge in [-0.05, 0) is 55.8 Å². The van der Waals surface area contributed by atoms with Gasteiger partial charge in [-0.25, -0.2) is 9.37 Å². The van der Waals surface area contributed by atoms with Crippen molar-refractivity contribution in [3.63, 3.8) is 0 Å². The van der Waals surface area contributed by atoms with Crippen LogP contribution in [0.3, 0.4) is 0 Å². The summed E-state index contributed by atoms with van der Waals surface area (Å²) in [5.74, 6) is 0.183. The summed E-state index contributed by atoms with van der Waals surface area (Å²) in [4.78, 5) is 25.5. The minimum absolute atomic E-state index is 0.231. The zero-order valence-electron chi connectivity index (χ0n) is 19.8. The van der Waals surface area contributed by atoms with Crippen molar-refractivity contribution >= 4 is 28.8 Å². The topological polar surface area (TPSA) is 131 Å². The number of aliphatic imine (C=N–C) groups is 1. The second-order valence-corrected chi connectivity index (χ2v) is 7.72. The van der Waals surface area contributed by atoms with E-state index in [0.717, 1.165) is 11.3 Å². The number of anilines is 1. The Kier molecular flexibility index (Phi) is 8.29. The molecule has 180 valence electrons. The van der Waals surface area contributed by atoms with Crippen molar-refractivity contribution in [2.24, 2.45) is 16.5 Å². The molecular formula is C26H28FN7O. The molecule has 0 spiro atoms. The van der Waals surface area contributed by atoms with Crippen molar-refractivity contribution in [2.75, 3.05) is 12.4 Å². The summed E-state index contributed by atoms with van der Waals surface area (Å²) in [6.07, 6.45) is 4.46. The molecule has 0 radical (unpaired) electrons. The van der Waals surface area contributed by atoms with E-state index in [1.54, 1.807) is 36.5 Å². The number of nitrogens with one attached hydrogen (secondary N) is 2. The van der Waals surface area contributed by atoms with Crippen LogP contribution < -0.4 is 22.1 Å². The number of likely N-dealkylation sites (N-methyl/N-ethyl adjacent to an activating group) is 1. The van der Waals surface area contributed by atoms with Crippen molar-refractivity contribution < 1.29 is 9.18 Å². The summed E-state index contributed by atoms with van der Waals surface area (Å²) in [5.41, 5.74) is 15.5. The Morgan fingerprint density at radius 1 is 1.17 bits per heavy atom.